The van der Waals surface area contributed by atoms with Crippen molar-refractivity contribution in [2.45, 2.75) is 58.1 Å². The maximum Gasteiger partial charge on any atom is 0.242 e. The molecule has 3 rings (SSSR count). The molecule has 2 aliphatic rings. The third kappa shape index (κ3) is 2.73. The van der Waals surface area contributed by atoms with Gasteiger partial charge in [0, 0.05) is 30.4 Å². The molecule has 1 saturated carbocycles. The van der Waals surface area contributed by atoms with E-state index >= 15 is 0 Å². The van der Waals surface area contributed by atoms with Gasteiger partial charge in [-0.2, -0.15) is 0 Å². The summed E-state index contributed by atoms with van der Waals surface area (Å²) >= 11 is 0. The summed E-state index contributed by atoms with van der Waals surface area (Å²) in [6.45, 7) is 5.93. The zero-order chi connectivity index (χ0) is 15.0. The number of nitrogens with zero attached hydrogens (tertiary/aromatic N) is 2. The lowest BCUT2D eigenvalue weighted by molar-refractivity contribution is -0.144. The summed E-state index contributed by atoms with van der Waals surface area (Å²) in [5, 5.41) is 10.7. The van der Waals surface area contributed by atoms with E-state index in [9.17, 15) is 9.90 Å². The SMILES string of the molecule is Cc1ccc(C)n1CC(=O)N1CC[C@@]2(O)CCCC[C@H]2C1. The molecule has 2 atom stereocenters. The number of likely N-dealkylation sites (tertiary alicyclic amines) is 1. The highest BCUT2D eigenvalue weighted by Crippen LogP contribution is 2.39. The molecular weight excluding hydrogens is 264 g/mol. The molecular formula is C17H26N2O2. The van der Waals surface area contributed by atoms with Gasteiger partial charge >= 0.3 is 0 Å². The second-order valence-electron chi connectivity index (χ2n) is 6.84. The Bertz CT molecular complexity index is 517. The molecule has 2 fully saturated rings. The minimum absolute atomic E-state index is 0.185. The molecule has 1 N–H and O–H groups in total. The highest BCUT2D eigenvalue weighted by Gasteiger charge is 2.43. The van der Waals surface area contributed by atoms with Gasteiger partial charge in [-0.05, 0) is 45.2 Å². The maximum atomic E-state index is 12.6. The van der Waals surface area contributed by atoms with Gasteiger partial charge in [0.1, 0.15) is 6.54 Å². The van der Waals surface area contributed by atoms with Crippen LogP contribution in [0.1, 0.15) is 43.5 Å². The van der Waals surface area contributed by atoms with Crippen molar-refractivity contribution in [3.05, 3.63) is 23.5 Å². The lowest BCUT2D eigenvalue weighted by Gasteiger charge is -2.47. The van der Waals surface area contributed by atoms with Gasteiger partial charge in [-0.25, -0.2) is 0 Å². The summed E-state index contributed by atoms with van der Waals surface area (Å²) in [5.74, 6) is 0.459. The first kappa shape index (κ1) is 14.6. The highest BCUT2D eigenvalue weighted by molar-refractivity contribution is 5.76. The minimum atomic E-state index is -0.506. The molecule has 21 heavy (non-hydrogen) atoms. The number of rotatable bonds is 2. The van der Waals surface area contributed by atoms with Crippen molar-refractivity contribution in [1.29, 1.82) is 0 Å². The number of hydrogen-bond donors (Lipinski definition) is 1. The Morgan fingerprint density at radius 3 is 2.71 bits per heavy atom. The molecule has 4 nitrogen and oxygen atoms in total. The van der Waals surface area contributed by atoms with E-state index in [0.29, 0.717) is 13.1 Å². The van der Waals surface area contributed by atoms with Crippen LogP contribution in [0.25, 0.3) is 0 Å². The van der Waals surface area contributed by atoms with Gasteiger partial charge in [-0.15, -0.1) is 0 Å². The largest absolute Gasteiger partial charge is 0.389 e. The second kappa shape index (κ2) is 5.48. The molecule has 0 aromatic carbocycles. The molecule has 4 heteroatoms. The number of piperidine rings is 1. The van der Waals surface area contributed by atoms with E-state index in [4.69, 9.17) is 0 Å². The number of carbonyl (C=O) groups excluding carboxylic acids is 1. The van der Waals surface area contributed by atoms with Gasteiger partial charge in [0.25, 0.3) is 0 Å². The molecule has 1 saturated heterocycles. The summed E-state index contributed by atoms with van der Waals surface area (Å²) < 4.78 is 2.07. The van der Waals surface area contributed by atoms with Crippen LogP contribution < -0.4 is 0 Å². The van der Waals surface area contributed by atoms with Crippen molar-refractivity contribution < 1.29 is 9.90 Å². The van der Waals surface area contributed by atoms with E-state index < -0.39 is 5.60 Å². The van der Waals surface area contributed by atoms with Crippen LogP contribution >= 0.6 is 0 Å². The molecule has 0 unspecified atom stereocenters. The van der Waals surface area contributed by atoms with Crippen LogP contribution in [0.15, 0.2) is 12.1 Å². The molecule has 1 amide bonds. The Morgan fingerprint density at radius 2 is 2.00 bits per heavy atom. The Hall–Kier alpha value is -1.29. The van der Waals surface area contributed by atoms with Gasteiger partial charge < -0.3 is 14.6 Å². The number of amides is 1. The monoisotopic (exact) mass is 290 g/mol. The summed E-state index contributed by atoms with van der Waals surface area (Å²) in [5.41, 5.74) is 1.76. The molecule has 1 aromatic rings. The average molecular weight is 290 g/mol. The molecule has 1 aromatic heterocycles. The quantitative estimate of drug-likeness (QED) is 0.908. The van der Waals surface area contributed by atoms with Crippen molar-refractivity contribution >= 4 is 5.91 Å². The lowest BCUT2D eigenvalue weighted by Crippen LogP contribution is -2.55. The molecule has 1 aliphatic heterocycles. The molecule has 2 heterocycles. The van der Waals surface area contributed by atoms with Crippen LogP contribution in [-0.2, 0) is 11.3 Å². The van der Waals surface area contributed by atoms with Gasteiger partial charge in [-0.1, -0.05) is 12.8 Å². The van der Waals surface area contributed by atoms with Gasteiger partial charge in [0.05, 0.1) is 5.60 Å². The number of hydrogen-bond acceptors (Lipinski definition) is 2. The van der Waals surface area contributed by atoms with Gasteiger partial charge in [0.2, 0.25) is 5.91 Å². The predicted molar refractivity (Wildman–Crippen MR) is 82.0 cm³/mol. The fourth-order valence-corrected chi connectivity index (χ4v) is 3.98. The standard InChI is InChI=1S/C17H26N2O2/c1-13-6-7-14(2)19(13)12-16(20)18-10-9-17(21)8-4-3-5-15(17)11-18/h6-7,15,21H,3-5,8-12H2,1-2H3/t15-,17-/m0/s1. The van der Waals surface area contributed by atoms with E-state index in [1.54, 1.807) is 0 Å². The maximum absolute atomic E-state index is 12.6. The molecule has 1 aliphatic carbocycles. The second-order valence-corrected chi connectivity index (χ2v) is 6.84. The number of aromatic nitrogens is 1. The summed E-state index contributed by atoms with van der Waals surface area (Å²) in [6.07, 6.45) is 5.03. The fraction of sp³-hybridized carbons (Fsp3) is 0.706. The fourth-order valence-electron chi connectivity index (χ4n) is 3.98. The summed E-state index contributed by atoms with van der Waals surface area (Å²) in [7, 11) is 0. The topological polar surface area (TPSA) is 45.5 Å². The van der Waals surface area contributed by atoms with Crippen molar-refractivity contribution in [3.8, 4) is 0 Å². The molecule has 0 bridgehead atoms. The van der Waals surface area contributed by atoms with Crippen LogP contribution in [0, 0.1) is 19.8 Å². The third-order valence-corrected chi connectivity index (χ3v) is 5.49. The average Bonchev–Trinajstić information content (AvgIpc) is 2.78. The van der Waals surface area contributed by atoms with Crippen molar-refractivity contribution in [2.75, 3.05) is 13.1 Å². The smallest absolute Gasteiger partial charge is 0.242 e. The Morgan fingerprint density at radius 1 is 1.29 bits per heavy atom. The summed E-state index contributed by atoms with van der Waals surface area (Å²) in [4.78, 5) is 14.5. The first-order valence-corrected chi connectivity index (χ1v) is 8.12. The number of fused-ring (bicyclic) bond motifs is 1. The minimum Gasteiger partial charge on any atom is -0.389 e. The number of aryl methyl sites for hydroxylation is 2. The lowest BCUT2D eigenvalue weighted by atomic mass is 9.71. The first-order chi connectivity index (χ1) is 9.99. The van der Waals surface area contributed by atoms with E-state index in [1.807, 2.05) is 18.7 Å². The highest BCUT2D eigenvalue weighted by atomic mass is 16.3. The van der Waals surface area contributed by atoms with E-state index in [0.717, 1.165) is 43.6 Å². The van der Waals surface area contributed by atoms with Crippen LogP contribution in [-0.4, -0.2) is 39.2 Å². The molecule has 0 spiro atoms. The zero-order valence-electron chi connectivity index (χ0n) is 13.1. The Labute approximate surface area is 126 Å². The van der Waals surface area contributed by atoms with E-state index in [-0.39, 0.29) is 11.8 Å². The predicted octanol–water partition coefficient (Wildman–Crippen LogP) is 2.26. The van der Waals surface area contributed by atoms with Crippen molar-refractivity contribution in [2.24, 2.45) is 5.92 Å². The molecule has 116 valence electrons. The summed E-state index contributed by atoms with van der Waals surface area (Å²) in [6, 6.07) is 4.11. The van der Waals surface area contributed by atoms with E-state index in [1.165, 1.54) is 6.42 Å². The van der Waals surface area contributed by atoms with Crippen molar-refractivity contribution in [1.82, 2.24) is 9.47 Å². The van der Waals surface area contributed by atoms with E-state index in [2.05, 4.69) is 16.7 Å². The van der Waals surface area contributed by atoms with Crippen LogP contribution in [0.5, 0.6) is 0 Å². The van der Waals surface area contributed by atoms with Crippen LogP contribution in [0.2, 0.25) is 0 Å². The Kier molecular flexibility index (Phi) is 3.82. The molecule has 0 radical (unpaired) electrons. The number of aliphatic hydroxyl groups is 1. The van der Waals surface area contributed by atoms with Crippen molar-refractivity contribution in [3.63, 3.8) is 0 Å². The van der Waals surface area contributed by atoms with Crippen LogP contribution in [0.3, 0.4) is 0 Å². The third-order valence-electron chi connectivity index (χ3n) is 5.49. The zero-order valence-corrected chi connectivity index (χ0v) is 13.1. The van der Waals surface area contributed by atoms with Crippen LogP contribution in [0.4, 0.5) is 0 Å². The van der Waals surface area contributed by atoms with Gasteiger partial charge in [0.15, 0.2) is 0 Å². The van der Waals surface area contributed by atoms with Gasteiger partial charge in [-0.3, -0.25) is 4.79 Å². The Balaban J connectivity index is 1.66. The first-order valence-electron chi connectivity index (χ1n) is 8.12. The normalized spacial score (nSPS) is 29.3. The number of carbonyl (C=O) groups is 1.